The zero-order valence-electron chi connectivity index (χ0n) is 18.6. The van der Waals surface area contributed by atoms with Gasteiger partial charge in [-0.15, -0.1) is 5.06 Å². The molecule has 1 rings (SSSR count). The van der Waals surface area contributed by atoms with Crippen LogP contribution in [0.4, 0.5) is 0 Å². The Morgan fingerprint density at radius 2 is 1.10 bits per heavy atom. The maximum atomic E-state index is 11.6. The van der Waals surface area contributed by atoms with Gasteiger partial charge in [0.2, 0.25) is 0 Å². The number of hydrogen-bond acceptors (Lipinski definition) is 4. The second-order valence-corrected chi connectivity index (χ2v) is 7.00. The lowest BCUT2D eigenvalue weighted by Crippen LogP contribution is -2.31. The first kappa shape index (κ1) is 26.1. The molecule has 0 N–H and O–H groups in total. The molecule has 2 amide bonds. The van der Waals surface area contributed by atoms with Gasteiger partial charge < -0.3 is 4.84 Å². The number of nitrogens with zero attached hydrogens (tertiary/aromatic N) is 1. The summed E-state index contributed by atoms with van der Waals surface area (Å²) in [5.41, 5.74) is 0. The van der Waals surface area contributed by atoms with Gasteiger partial charge in [-0.3, -0.25) is 9.59 Å². The molecule has 168 valence electrons. The first-order valence-corrected chi connectivity index (χ1v) is 11.1. The topological polar surface area (TPSA) is 63.7 Å². The minimum atomic E-state index is -0.567. The highest BCUT2D eigenvalue weighted by Gasteiger charge is 2.32. The van der Waals surface area contributed by atoms with Crippen LogP contribution in [0.2, 0.25) is 0 Å². The average molecular weight is 426 g/mol. The number of hydroxylamine groups is 2. The van der Waals surface area contributed by atoms with Gasteiger partial charge in [0.05, 0.1) is 6.42 Å². The van der Waals surface area contributed by atoms with E-state index >= 15 is 0 Å². The van der Waals surface area contributed by atoms with Crippen molar-refractivity contribution in [1.82, 2.24) is 5.06 Å². The van der Waals surface area contributed by atoms with Gasteiger partial charge in [0.25, 0.3) is 11.8 Å². The van der Waals surface area contributed by atoms with Gasteiger partial charge in [-0.1, -0.05) is 79.8 Å². The third-order valence-corrected chi connectivity index (χ3v) is 4.31. The van der Waals surface area contributed by atoms with Crippen LogP contribution >= 0.6 is 0 Å². The van der Waals surface area contributed by atoms with E-state index in [0.717, 1.165) is 38.5 Å². The zero-order chi connectivity index (χ0) is 22.6. The fourth-order valence-corrected chi connectivity index (χ4v) is 2.65. The lowest BCUT2D eigenvalue weighted by Gasteiger charge is -2.11. The fraction of sp³-hybridized carbons (Fsp3) is 0.423. The summed E-state index contributed by atoms with van der Waals surface area (Å²) in [6.07, 6.45) is 32.1. The zero-order valence-corrected chi connectivity index (χ0v) is 18.6. The SMILES string of the molecule is CCC=CCC=CCC=CCC=CCC=CCC=CCCC(=O)ON1C(=O)CCC1=O. The fourth-order valence-electron chi connectivity index (χ4n) is 2.65. The number of carbonyl (C=O) groups is 3. The second kappa shape index (κ2) is 17.9. The van der Waals surface area contributed by atoms with Gasteiger partial charge in [0.15, 0.2) is 0 Å². The molecule has 0 aromatic heterocycles. The van der Waals surface area contributed by atoms with Crippen LogP contribution in [0.25, 0.3) is 0 Å². The van der Waals surface area contributed by atoms with Gasteiger partial charge in [0.1, 0.15) is 0 Å². The van der Waals surface area contributed by atoms with Crippen LogP contribution in [0.5, 0.6) is 0 Å². The molecule has 0 bridgehead atoms. The molecule has 0 radical (unpaired) electrons. The Balaban J connectivity index is 2.00. The predicted molar refractivity (Wildman–Crippen MR) is 125 cm³/mol. The van der Waals surface area contributed by atoms with Crippen molar-refractivity contribution < 1.29 is 19.2 Å². The smallest absolute Gasteiger partial charge is 0.330 e. The minimum absolute atomic E-state index is 0.110. The van der Waals surface area contributed by atoms with Crippen LogP contribution in [0.3, 0.4) is 0 Å². The number of rotatable bonds is 15. The Labute approximate surface area is 186 Å². The molecule has 0 aromatic rings. The molecule has 1 saturated heterocycles. The van der Waals surface area contributed by atoms with Crippen molar-refractivity contribution in [2.45, 2.75) is 71.1 Å². The predicted octanol–water partition coefficient (Wildman–Crippen LogP) is 6.07. The van der Waals surface area contributed by atoms with Crippen molar-refractivity contribution in [2.75, 3.05) is 0 Å². The van der Waals surface area contributed by atoms with E-state index in [-0.39, 0.29) is 19.3 Å². The van der Waals surface area contributed by atoms with E-state index in [4.69, 9.17) is 4.84 Å². The Hall–Kier alpha value is -2.95. The van der Waals surface area contributed by atoms with Crippen LogP contribution in [0, 0.1) is 0 Å². The van der Waals surface area contributed by atoms with E-state index in [0.29, 0.717) is 11.5 Å². The lowest BCUT2D eigenvalue weighted by atomic mass is 10.2. The minimum Gasteiger partial charge on any atom is -0.330 e. The summed E-state index contributed by atoms with van der Waals surface area (Å²) in [7, 11) is 0. The third-order valence-electron chi connectivity index (χ3n) is 4.31. The summed E-state index contributed by atoms with van der Waals surface area (Å²) in [6, 6.07) is 0. The van der Waals surface area contributed by atoms with E-state index in [1.807, 2.05) is 12.2 Å². The van der Waals surface area contributed by atoms with Crippen LogP contribution in [-0.4, -0.2) is 22.8 Å². The second-order valence-electron chi connectivity index (χ2n) is 7.00. The summed E-state index contributed by atoms with van der Waals surface area (Å²) in [6.45, 7) is 2.14. The van der Waals surface area contributed by atoms with Gasteiger partial charge in [-0.05, 0) is 44.9 Å². The summed E-state index contributed by atoms with van der Waals surface area (Å²) in [5.74, 6) is -1.47. The number of amides is 2. The molecule has 1 aliphatic heterocycles. The molecule has 0 saturated carbocycles. The van der Waals surface area contributed by atoms with Crippen molar-refractivity contribution in [2.24, 2.45) is 0 Å². The number of imide groups is 1. The monoisotopic (exact) mass is 425 g/mol. The van der Waals surface area contributed by atoms with Gasteiger partial charge in [0, 0.05) is 12.8 Å². The average Bonchev–Trinajstić information content (AvgIpc) is 3.07. The summed E-state index contributed by atoms with van der Waals surface area (Å²) in [5, 5.41) is 0.586. The first-order valence-electron chi connectivity index (χ1n) is 11.1. The highest BCUT2D eigenvalue weighted by molar-refractivity contribution is 6.01. The summed E-state index contributed by atoms with van der Waals surface area (Å²) < 4.78 is 0. The third kappa shape index (κ3) is 13.8. The van der Waals surface area contributed by atoms with Crippen molar-refractivity contribution in [3.63, 3.8) is 0 Å². The largest absolute Gasteiger partial charge is 0.333 e. The van der Waals surface area contributed by atoms with Crippen LogP contribution in [-0.2, 0) is 19.2 Å². The molecule has 5 nitrogen and oxygen atoms in total. The van der Waals surface area contributed by atoms with Crippen molar-refractivity contribution in [3.8, 4) is 0 Å². The molecule has 1 heterocycles. The number of allylic oxidation sites excluding steroid dienone is 12. The lowest BCUT2D eigenvalue weighted by molar-refractivity contribution is -0.197. The van der Waals surface area contributed by atoms with E-state index in [2.05, 4.69) is 67.7 Å². The highest BCUT2D eigenvalue weighted by Crippen LogP contribution is 2.13. The number of hydrogen-bond donors (Lipinski definition) is 0. The van der Waals surface area contributed by atoms with Crippen molar-refractivity contribution in [3.05, 3.63) is 72.9 Å². The standard InChI is InChI=1S/C26H35NO4/c1-2-3-4-5-6-7-8-9-10-11-12-13-14-15-16-17-18-19-20-21-26(30)31-27-24(28)22-23-25(27)29/h3-4,6-7,9-10,12-13,15-16,18-19H,2,5,8,11,14,17,20-23H2,1H3. The van der Waals surface area contributed by atoms with Crippen molar-refractivity contribution in [1.29, 1.82) is 0 Å². The Morgan fingerprint density at radius 1 is 0.710 bits per heavy atom. The van der Waals surface area contributed by atoms with Crippen molar-refractivity contribution >= 4 is 17.8 Å². The first-order chi connectivity index (χ1) is 15.1. The van der Waals surface area contributed by atoms with Crippen LogP contribution < -0.4 is 0 Å². The van der Waals surface area contributed by atoms with E-state index in [9.17, 15) is 14.4 Å². The molecule has 0 spiro atoms. The molecule has 31 heavy (non-hydrogen) atoms. The maximum Gasteiger partial charge on any atom is 0.333 e. The van der Waals surface area contributed by atoms with Gasteiger partial charge in [-0.25, -0.2) is 4.79 Å². The van der Waals surface area contributed by atoms with E-state index in [1.54, 1.807) is 0 Å². The molecule has 0 atom stereocenters. The molecule has 1 aliphatic rings. The van der Waals surface area contributed by atoms with E-state index in [1.165, 1.54) is 0 Å². The van der Waals surface area contributed by atoms with Crippen LogP contribution in [0.1, 0.15) is 71.1 Å². The molecule has 0 aliphatic carbocycles. The molecular weight excluding hydrogens is 390 g/mol. The normalized spacial score (nSPS) is 15.5. The molecule has 0 aromatic carbocycles. The molecule has 1 fully saturated rings. The van der Waals surface area contributed by atoms with Gasteiger partial charge >= 0.3 is 5.97 Å². The molecular formula is C26H35NO4. The Morgan fingerprint density at radius 3 is 1.52 bits per heavy atom. The molecule has 5 heteroatoms. The summed E-state index contributed by atoms with van der Waals surface area (Å²) >= 11 is 0. The van der Waals surface area contributed by atoms with Gasteiger partial charge in [-0.2, -0.15) is 0 Å². The maximum absolute atomic E-state index is 11.6. The Bertz CT molecular complexity index is 710. The number of carbonyl (C=O) groups excluding carboxylic acids is 3. The van der Waals surface area contributed by atoms with Crippen LogP contribution in [0.15, 0.2) is 72.9 Å². The molecule has 0 unspecified atom stereocenters. The van der Waals surface area contributed by atoms with E-state index < -0.39 is 17.8 Å². The highest BCUT2D eigenvalue weighted by atomic mass is 16.7. The Kier molecular flexibility index (Phi) is 15.0. The summed E-state index contributed by atoms with van der Waals surface area (Å²) in [4.78, 5) is 39.2. The quantitative estimate of drug-likeness (QED) is 0.236.